The van der Waals surface area contributed by atoms with Crippen LogP contribution in [0.3, 0.4) is 0 Å². The average molecular weight is 249 g/mol. The fourth-order valence-electron chi connectivity index (χ4n) is 2.01. The van der Waals surface area contributed by atoms with Gasteiger partial charge in [0.2, 0.25) is 0 Å². The van der Waals surface area contributed by atoms with Crippen LogP contribution < -0.4 is 5.32 Å². The van der Waals surface area contributed by atoms with Gasteiger partial charge in [-0.3, -0.25) is 0 Å². The maximum Gasteiger partial charge on any atom is 0.101 e. The number of hydrogen-bond donors (Lipinski definition) is 1. The third kappa shape index (κ3) is 2.79. The van der Waals surface area contributed by atoms with Gasteiger partial charge in [-0.1, -0.05) is 6.92 Å². The van der Waals surface area contributed by atoms with Gasteiger partial charge < -0.3 is 9.73 Å². The summed E-state index contributed by atoms with van der Waals surface area (Å²) in [5.74, 6) is 0.969. The van der Waals surface area contributed by atoms with Crippen molar-refractivity contribution >= 4 is 11.3 Å². The van der Waals surface area contributed by atoms with Crippen LogP contribution in [-0.2, 0) is 0 Å². The molecule has 2 aromatic rings. The summed E-state index contributed by atoms with van der Waals surface area (Å²) in [6.07, 6.45) is 3.00. The van der Waals surface area contributed by atoms with Crippen molar-refractivity contribution in [3.63, 3.8) is 0 Å². The maximum absolute atomic E-state index is 5.43. The first-order chi connectivity index (χ1) is 8.22. The van der Waals surface area contributed by atoms with Crippen LogP contribution in [0, 0.1) is 13.8 Å². The van der Waals surface area contributed by atoms with Crippen LogP contribution in [0.25, 0.3) is 0 Å². The lowest BCUT2D eigenvalue weighted by molar-refractivity contribution is 0.523. The predicted octanol–water partition coefficient (Wildman–Crippen LogP) is 4.05. The van der Waals surface area contributed by atoms with E-state index in [4.69, 9.17) is 4.42 Å². The summed E-state index contributed by atoms with van der Waals surface area (Å²) in [4.78, 5) is 1.37. The summed E-state index contributed by atoms with van der Waals surface area (Å²) in [5, 5.41) is 5.74. The average Bonchev–Trinajstić information content (AvgIpc) is 2.90. The van der Waals surface area contributed by atoms with Crippen LogP contribution in [0.1, 0.15) is 41.2 Å². The minimum Gasteiger partial charge on any atom is -0.469 e. The number of furan rings is 1. The van der Waals surface area contributed by atoms with E-state index >= 15 is 0 Å². The zero-order valence-electron chi connectivity index (χ0n) is 10.6. The van der Waals surface area contributed by atoms with Crippen LogP contribution in [0.5, 0.6) is 0 Å². The van der Waals surface area contributed by atoms with Crippen molar-refractivity contribution in [2.24, 2.45) is 0 Å². The monoisotopic (exact) mass is 249 g/mol. The first kappa shape index (κ1) is 12.4. The number of nitrogens with one attached hydrogen (secondary N) is 1. The molecule has 2 rings (SSSR count). The highest BCUT2D eigenvalue weighted by Crippen LogP contribution is 2.29. The normalized spacial score (nSPS) is 12.9. The molecule has 1 N–H and O–H groups in total. The second kappa shape index (κ2) is 5.52. The SMILES string of the molecule is CCCNC(c1coc(C)c1)c1ccsc1C. The number of aryl methyl sites for hydroxylation is 2. The molecular formula is C14H19NOS. The van der Waals surface area contributed by atoms with Crippen LogP contribution in [0.15, 0.2) is 28.2 Å². The Morgan fingerprint density at radius 2 is 2.24 bits per heavy atom. The molecule has 0 bridgehead atoms. The van der Waals surface area contributed by atoms with E-state index in [9.17, 15) is 0 Å². The second-order valence-electron chi connectivity index (χ2n) is 4.31. The van der Waals surface area contributed by atoms with Crippen LogP contribution >= 0.6 is 11.3 Å². The van der Waals surface area contributed by atoms with Crippen LogP contribution in [0.4, 0.5) is 0 Å². The zero-order chi connectivity index (χ0) is 12.3. The topological polar surface area (TPSA) is 25.2 Å². The summed E-state index contributed by atoms with van der Waals surface area (Å²) >= 11 is 1.80. The molecule has 1 unspecified atom stereocenters. The maximum atomic E-state index is 5.43. The predicted molar refractivity (Wildman–Crippen MR) is 72.6 cm³/mol. The summed E-state index contributed by atoms with van der Waals surface area (Å²) in [5.41, 5.74) is 2.58. The van der Waals surface area contributed by atoms with Gasteiger partial charge in [-0.2, -0.15) is 0 Å². The van der Waals surface area contributed by atoms with Gasteiger partial charge in [0.05, 0.1) is 12.3 Å². The molecule has 0 saturated heterocycles. The van der Waals surface area contributed by atoms with E-state index < -0.39 is 0 Å². The van der Waals surface area contributed by atoms with E-state index in [0.29, 0.717) is 0 Å². The van der Waals surface area contributed by atoms with E-state index in [0.717, 1.165) is 18.7 Å². The van der Waals surface area contributed by atoms with Gasteiger partial charge >= 0.3 is 0 Å². The lowest BCUT2D eigenvalue weighted by Gasteiger charge is -2.17. The zero-order valence-corrected chi connectivity index (χ0v) is 11.4. The quantitative estimate of drug-likeness (QED) is 0.865. The summed E-state index contributed by atoms with van der Waals surface area (Å²) < 4.78 is 5.43. The third-order valence-corrected chi connectivity index (χ3v) is 3.75. The van der Waals surface area contributed by atoms with Crippen molar-refractivity contribution < 1.29 is 4.42 Å². The minimum absolute atomic E-state index is 0.263. The van der Waals surface area contributed by atoms with Gasteiger partial charge in [-0.05, 0) is 49.9 Å². The molecule has 0 aromatic carbocycles. The van der Waals surface area contributed by atoms with Crippen molar-refractivity contribution in [2.45, 2.75) is 33.2 Å². The van der Waals surface area contributed by atoms with Crippen LogP contribution in [-0.4, -0.2) is 6.54 Å². The highest BCUT2D eigenvalue weighted by molar-refractivity contribution is 7.10. The summed E-state index contributed by atoms with van der Waals surface area (Å²) in [6, 6.07) is 4.58. The lowest BCUT2D eigenvalue weighted by Crippen LogP contribution is -2.22. The molecular weight excluding hydrogens is 230 g/mol. The summed E-state index contributed by atoms with van der Waals surface area (Å²) in [6.45, 7) is 7.36. The van der Waals surface area contributed by atoms with Gasteiger partial charge in [0, 0.05) is 10.4 Å². The third-order valence-electron chi connectivity index (χ3n) is 2.89. The van der Waals surface area contributed by atoms with Crippen molar-refractivity contribution in [1.82, 2.24) is 5.32 Å². The smallest absolute Gasteiger partial charge is 0.101 e. The van der Waals surface area contributed by atoms with Crippen molar-refractivity contribution in [1.29, 1.82) is 0 Å². The fraction of sp³-hybridized carbons (Fsp3) is 0.429. The Kier molecular flexibility index (Phi) is 4.02. The van der Waals surface area contributed by atoms with Crippen LogP contribution in [0.2, 0.25) is 0 Å². The molecule has 0 spiro atoms. The highest BCUT2D eigenvalue weighted by atomic mass is 32.1. The molecule has 0 saturated carbocycles. The molecule has 1 atom stereocenters. The molecule has 0 radical (unpaired) electrons. The van der Waals surface area contributed by atoms with Gasteiger partial charge in [-0.15, -0.1) is 11.3 Å². The van der Waals surface area contributed by atoms with E-state index in [1.165, 1.54) is 16.0 Å². The Morgan fingerprint density at radius 3 is 2.76 bits per heavy atom. The van der Waals surface area contributed by atoms with Gasteiger partial charge in [0.1, 0.15) is 5.76 Å². The van der Waals surface area contributed by atoms with Crippen molar-refractivity contribution in [2.75, 3.05) is 6.54 Å². The molecule has 2 nitrogen and oxygen atoms in total. The minimum atomic E-state index is 0.263. The second-order valence-corrected chi connectivity index (χ2v) is 5.43. The Bertz CT molecular complexity index is 472. The van der Waals surface area contributed by atoms with E-state index in [2.05, 4.69) is 36.7 Å². The molecule has 0 aliphatic carbocycles. The molecule has 0 aliphatic heterocycles. The number of rotatable bonds is 5. The van der Waals surface area contributed by atoms with Crippen molar-refractivity contribution in [3.8, 4) is 0 Å². The molecule has 0 aliphatic rings. The van der Waals surface area contributed by atoms with E-state index in [-0.39, 0.29) is 6.04 Å². The Morgan fingerprint density at radius 1 is 1.41 bits per heavy atom. The van der Waals surface area contributed by atoms with Gasteiger partial charge in [0.15, 0.2) is 0 Å². The largest absolute Gasteiger partial charge is 0.469 e. The molecule has 3 heteroatoms. The molecule has 0 fully saturated rings. The Balaban J connectivity index is 2.28. The number of thiophene rings is 1. The fourth-order valence-corrected chi connectivity index (χ4v) is 2.75. The van der Waals surface area contributed by atoms with Gasteiger partial charge in [-0.25, -0.2) is 0 Å². The first-order valence-electron chi connectivity index (χ1n) is 6.04. The van der Waals surface area contributed by atoms with E-state index in [1.54, 1.807) is 11.3 Å². The van der Waals surface area contributed by atoms with Gasteiger partial charge in [0.25, 0.3) is 0 Å². The first-order valence-corrected chi connectivity index (χ1v) is 6.92. The van der Waals surface area contributed by atoms with Crippen molar-refractivity contribution in [3.05, 3.63) is 45.5 Å². The molecule has 2 aromatic heterocycles. The molecule has 17 heavy (non-hydrogen) atoms. The standard InChI is InChI=1S/C14H19NOS/c1-4-6-15-14(12-8-10(2)16-9-12)13-5-7-17-11(13)3/h5,7-9,14-15H,4,6H2,1-3H3. The van der Waals surface area contributed by atoms with E-state index in [1.807, 2.05) is 13.2 Å². The Labute approximate surface area is 107 Å². The summed E-state index contributed by atoms with van der Waals surface area (Å²) in [7, 11) is 0. The highest BCUT2D eigenvalue weighted by Gasteiger charge is 2.17. The Hall–Kier alpha value is -1.06. The molecule has 92 valence electrons. The molecule has 0 amide bonds. The lowest BCUT2D eigenvalue weighted by atomic mass is 10.0. The number of hydrogen-bond acceptors (Lipinski definition) is 3. The molecule has 2 heterocycles.